The second-order valence-electron chi connectivity index (χ2n) is 3.53. The molecule has 88 valence electrons. The molecule has 2 rings (SSSR count). The number of nitrogen functional groups attached to an aromatic ring is 1. The van der Waals surface area contributed by atoms with Gasteiger partial charge >= 0.3 is 0 Å². The van der Waals surface area contributed by atoms with Gasteiger partial charge in [-0.25, -0.2) is 9.97 Å². The highest BCUT2D eigenvalue weighted by molar-refractivity contribution is 5.43. The molecule has 0 aliphatic carbocycles. The molecule has 5 nitrogen and oxygen atoms in total. The van der Waals surface area contributed by atoms with E-state index < -0.39 is 0 Å². The zero-order valence-electron chi connectivity index (χ0n) is 9.55. The number of aromatic nitrogens is 2. The average molecular weight is 230 g/mol. The van der Waals surface area contributed by atoms with Crippen molar-refractivity contribution in [1.82, 2.24) is 9.97 Å². The number of ether oxygens (including phenoxy) is 1. The van der Waals surface area contributed by atoms with Gasteiger partial charge in [0, 0.05) is 12.6 Å². The monoisotopic (exact) mass is 230 g/mol. The number of rotatable bonds is 4. The summed E-state index contributed by atoms with van der Waals surface area (Å²) in [5.74, 6) is 2.02. The number of hydrogen-bond acceptors (Lipinski definition) is 5. The number of nitrogens with zero attached hydrogens (tertiary/aromatic N) is 2. The predicted octanol–water partition coefficient (Wildman–Crippen LogP) is 1.68. The number of nitrogens with two attached hydrogens (primary N) is 1. The number of nitrogens with one attached hydrogen (secondary N) is 1. The van der Waals surface area contributed by atoms with E-state index in [9.17, 15) is 0 Å². The molecule has 0 aliphatic heterocycles. The fraction of sp³-hybridized carbons (Fsp3) is 0.167. The SMILES string of the molecule is COc1ccc(CNc2cc(N)ncn2)cc1. The number of hydrogen-bond donors (Lipinski definition) is 2. The average Bonchev–Trinajstić information content (AvgIpc) is 2.37. The Morgan fingerprint density at radius 2 is 2.00 bits per heavy atom. The summed E-state index contributed by atoms with van der Waals surface area (Å²) in [5, 5.41) is 3.17. The van der Waals surface area contributed by atoms with Gasteiger partial charge in [-0.15, -0.1) is 0 Å². The molecule has 2 aromatic rings. The topological polar surface area (TPSA) is 73.1 Å². The van der Waals surface area contributed by atoms with E-state index in [0.717, 1.165) is 11.3 Å². The van der Waals surface area contributed by atoms with Crippen LogP contribution in [0.4, 0.5) is 11.6 Å². The summed E-state index contributed by atoms with van der Waals surface area (Å²) < 4.78 is 5.09. The first-order valence-electron chi connectivity index (χ1n) is 5.22. The van der Waals surface area contributed by atoms with Crippen molar-refractivity contribution in [2.45, 2.75) is 6.54 Å². The van der Waals surface area contributed by atoms with Crippen LogP contribution in [0.2, 0.25) is 0 Å². The number of anilines is 2. The van der Waals surface area contributed by atoms with Crippen LogP contribution in [0.25, 0.3) is 0 Å². The Bertz CT molecular complexity index is 484. The molecule has 0 saturated carbocycles. The predicted molar refractivity (Wildman–Crippen MR) is 66.8 cm³/mol. The Kier molecular flexibility index (Phi) is 3.40. The van der Waals surface area contributed by atoms with Crippen molar-refractivity contribution in [2.75, 3.05) is 18.2 Å². The van der Waals surface area contributed by atoms with Crippen molar-refractivity contribution in [3.05, 3.63) is 42.2 Å². The van der Waals surface area contributed by atoms with E-state index in [2.05, 4.69) is 15.3 Å². The summed E-state index contributed by atoms with van der Waals surface area (Å²) in [6.07, 6.45) is 1.44. The van der Waals surface area contributed by atoms with E-state index in [1.165, 1.54) is 6.33 Å². The lowest BCUT2D eigenvalue weighted by molar-refractivity contribution is 0.414. The van der Waals surface area contributed by atoms with Gasteiger partial charge in [0.15, 0.2) is 0 Å². The van der Waals surface area contributed by atoms with Crippen LogP contribution in [0.3, 0.4) is 0 Å². The maximum Gasteiger partial charge on any atom is 0.131 e. The highest BCUT2D eigenvalue weighted by Gasteiger charge is 1.97. The summed E-state index contributed by atoms with van der Waals surface area (Å²) in [6.45, 7) is 0.681. The largest absolute Gasteiger partial charge is 0.497 e. The third-order valence-electron chi connectivity index (χ3n) is 2.32. The van der Waals surface area contributed by atoms with Gasteiger partial charge in [-0.1, -0.05) is 12.1 Å². The molecule has 5 heteroatoms. The van der Waals surface area contributed by atoms with Crippen LogP contribution < -0.4 is 15.8 Å². The minimum atomic E-state index is 0.456. The first kappa shape index (κ1) is 11.2. The molecule has 0 spiro atoms. The highest BCUT2D eigenvalue weighted by atomic mass is 16.5. The molecule has 1 aromatic carbocycles. The molecule has 0 saturated heterocycles. The Hall–Kier alpha value is -2.30. The second-order valence-corrected chi connectivity index (χ2v) is 3.53. The molecule has 17 heavy (non-hydrogen) atoms. The van der Waals surface area contributed by atoms with Crippen molar-refractivity contribution in [3.63, 3.8) is 0 Å². The van der Waals surface area contributed by atoms with Crippen LogP contribution in [-0.2, 0) is 6.54 Å². The number of benzene rings is 1. The Balaban J connectivity index is 1.97. The summed E-state index contributed by atoms with van der Waals surface area (Å²) in [6, 6.07) is 9.53. The standard InChI is InChI=1S/C12H14N4O/c1-17-10-4-2-9(3-5-10)7-14-12-6-11(13)15-8-16-12/h2-6,8H,7H2,1H3,(H3,13,14,15,16). The molecule has 3 N–H and O–H groups in total. The van der Waals surface area contributed by atoms with Gasteiger partial charge < -0.3 is 15.8 Å². The van der Waals surface area contributed by atoms with Crippen molar-refractivity contribution >= 4 is 11.6 Å². The van der Waals surface area contributed by atoms with Gasteiger partial charge in [0.1, 0.15) is 23.7 Å². The lowest BCUT2D eigenvalue weighted by atomic mass is 10.2. The van der Waals surface area contributed by atoms with Gasteiger partial charge in [-0.2, -0.15) is 0 Å². The van der Waals surface area contributed by atoms with Crippen molar-refractivity contribution < 1.29 is 4.74 Å². The second kappa shape index (κ2) is 5.16. The molecule has 0 amide bonds. The van der Waals surface area contributed by atoms with Crippen molar-refractivity contribution in [2.24, 2.45) is 0 Å². The quantitative estimate of drug-likeness (QED) is 0.836. The van der Waals surface area contributed by atoms with Crippen LogP contribution >= 0.6 is 0 Å². The molecule has 1 heterocycles. The van der Waals surface area contributed by atoms with Gasteiger partial charge in [0.05, 0.1) is 7.11 Å². The normalized spacial score (nSPS) is 9.94. The first-order valence-corrected chi connectivity index (χ1v) is 5.22. The van der Waals surface area contributed by atoms with Crippen LogP contribution in [0.1, 0.15) is 5.56 Å². The van der Waals surface area contributed by atoms with Gasteiger partial charge in [0.25, 0.3) is 0 Å². The van der Waals surface area contributed by atoms with Crippen molar-refractivity contribution in [1.29, 1.82) is 0 Å². The van der Waals surface area contributed by atoms with E-state index in [-0.39, 0.29) is 0 Å². The Morgan fingerprint density at radius 1 is 1.24 bits per heavy atom. The van der Waals surface area contributed by atoms with Crippen LogP contribution in [0, 0.1) is 0 Å². The fourth-order valence-corrected chi connectivity index (χ4v) is 1.41. The highest BCUT2D eigenvalue weighted by Crippen LogP contribution is 2.13. The summed E-state index contributed by atoms with van der Waals surface area (Å²) in [5.41, 5.74) is 6.70. The molecule has 0 radical (unpaired) electrons. The summed E-state index contributed by atoms with van der Waals surface area (Å²) in [4.78, 5) is 7.89. The summed E-state index contributed by atoms with van der Waals surface area (Å²) in [7, 11) is 1.65. The smallest absolute Gasteiger partial charge is 0.131 e. The molecular formula is C12H14N4O. The first-order chi connectivity index (χ1) is 8.28. The molecular weight excluding hydrogens is 216 g/mol. The van der Waals surface area contributed by atoms with E-state index in [0.29, 0.717) is 18.2 Å². The molecule has 0 aliphatic rings. The van der Waals surface area contributed by atoms with Gasteiger partial charge in [0.2, 0.25) is 0 Å². The van der Waals surface area contributed by atoms with E-state index in [1.54, 1.807) is 13.2 Å². The molecule has 1 aromatic heterocycles. The van der Waals surface area contributed by atoms with E-state index in [1.807, 2.05) is 24.3 Å². The van der Waals surface area contributed by atoms with Gasteiger partial charge in [-0.3, -0.25) is 0 Å². The third kappa shape index (κ3) is 3.07. The summed E-state index contributed by atoms with van der Waals surface area (Å²) >= 11 is 0. The Labute approximate surface area is 99.7 Å². The maximum absolute atomic E-state index is 5.56. The zero-order valence-corrected chi connectivity index (χ0v) is 9.55. The molecule has 0 unspecified atom stereocenters. The Morgan fingerprint density at radius 3 is 2.65 bits per heavy atom. The van der Waals surface area contributed by atoms with Crippen molar-refractivity contribution in [3.8, 4) is 5.75 Å². The fourth-order valence-electron chi connectivity index (χ4n) is 1.41. The van der Waals surface area contributed by atoms with Crippen LogP contribution in [-0.4, -0.2) is 17.1 Å². The van der Waals surface area contributed by atoms with E-state index >= 15 is 0 Å². The maximum atomic E-state index is 5.56. The number of methoxy groups -OCH3 is 1. The third-order valence-corrected chi connectivity index (χ3v) is 2.32. The molecule has 0 bridgehead atoms. The minimum Gasteiger partial charge on any atom is -0.497 e. The lowest BCUT2D eigenvalue weighted by Gasteiger charge is -2.06. The van der Waals surface area contributed by atoms with Crippen LogP contribution in [0.5, 0.6) is 5.75 Å². The van der Waals surface area contributed by atoms with E-state index in [4.69, 9.17) is 10.5 Å². The van der Waals surface area contributed by atoms with Crippen LogP contribution in [0.15, 0.2) is 36.7 Å². The lowest BCUT2D eigenvalue weighted by Crippen LogP contribution is -2.02. The molecule has 0 fully saturated rings. The van der Waals surface area contributed by atoms with Gasteiger partial charge in [-0.05, 0) is 17.7 Å². The minimum absolute atomic E-state index is 0.456. The molecule has 0 atom stereocenters. The zero-order chi connectivity index (χ0) is 12.1.